The Morgan fingerprint density at radius 3 is 2.05 bits per heavy atom. The molecule has 0 saturated heterocycles. The lowest BCUT2D eigenvalue weighted by atomic mass is 10.1. The van der Waals surface area contributed by atoms with E-state index in [0.29, 0.717) is 5.75 Å². The van der Waals surface area contributed by atoms with Crippen LogP contribution in [0.2, 0.25) is 0 Å². The highest BCUT2D eigenvalue weighted by molar-refractivity contribution is 5.89. The Balaban J connectivity index is 0.000000155. The average Bonchev–Trinajstić information content (AvgIpc) is 3.08. The molecule has 90 valence electrons. The summed E-state index contributed by atoms with van der Waals surface area (Å²) in [6.45, 7) is 0. The van der Waals surface area contributed by atoms with Crippen molar-refractivity contribution in [2.24, 2.45) is 0 Å². The van der Waals surface area contributed by atoms with Crippen LogP contribution in [0.5, 0.6) is 5.75 Å². The Labute approximate surface area is 112 Å². The number of hydrogen-bond acceptors (Lipinski definition) is 1. The first-order valence-corrected chi connectivity index (χ1v) is 6.12. The molecular weight excluding hydrogens is 232 g/mol. The molecule has 1 nitrogen and oxygen atoms in total. The predicted molar refractivity (Wildman–Crippen MR) is 76.7 cm³/mol. The van der Waals surface area contributed by atoms with Gasteiger partial charge in [0, 0.05) is 5.56 Å². The van der Waals surface area contributed by atoms with Crippen LogP contribution in [0.25, 0.3) is 22.3 Å². The molecule has 1 heteroatoms. The number of hydrogen-bond donors (Lipinski definition) is 1. The zero-order valence-corrected chi connectivity index (χ0v) is 10.3. The standard InChI is InChI=1S/C12H7O.C6H5/c13-12-4-2-1-3-11(12)10-6-8-5-9(8)7-10;1-2-4-6-5-3-1/h1-6,13H;1-5H. The molecule has 2 radical (unpaired) electrons. The molecule has 2 aromatic rings. The molecule has 19 heavy (non-hydrogen) atoms. The molecule has 0 aliphatic heterocycles. The first-order valence-electron chi connectivity index (χ1n) is 6.12. The van der Waals surface area contributed by atoms with Gasteiger partial charge in [-0.05, 0) is 47.0 Å². The van der Waals surface area contributed by atoms with E-state index in [1.54, 1.807) is 6.07 Å². The van der Waals surface area contributed by atoms with Crippen LogP contribution in [0.15, 0.2) is 66.7 Å². The Morgan fingerprint density at radius 2 is 1.53 bits per heavy atom. The van der Waals surface area contributed by atoms with Gasteiger partial charge in [0.1, 0.15) is 5.75 Å². The quantitative estimate of drug-likeness (QED) is 0.528. The Morgan fingerprint density at radius 1 is 0.789 bits per heavy atom. The highest BCUT2D eigenvalue weighted by atomic mass is 16.3. The molecule has 0 aromatic heterocycles. The van der Waals surface area contributed by atoms with E-state index in [4.69, 9.17) is 0 Å². The fraction of sp³-hybridized carbons (Fsp3) is 0. The smallest absolute Gasteiger partial charge is 0.123 e. The van der Waals surface area contributed by atoms with E-state index >= 15 is 0 Å². The highest BCUT2D eigenvalue weighted by Crippen LogP contribution is 2.41. The fourth-order valence-corrected chi connectivity index (χ4v) is 1.87. The first kappa shape index (κ1) is 11.5. The second-order valence-corrected chi connectivity index (χ2v) is 4.29. The molecule has 4 rings (SSSR count). The van der Waals surface area contributed by atoms with Crippen molar-refractivity contribution < 1.29 is 5.11 Å². The lowest BCUT2D eigenvalue weighted by molar-refractivity contribution is 0.477. The van der Waals surface area contributed by atoms with Crippen molar-refractivity contribution in [2.45, 2.75) is 0 Å². The summed E-state index contributed by atoms with van der Waals surface area (Å²) in [6.07, 6.45) is 0. The fourth-order valence-electron chi connectivity index (χ4n) is 1.87. The van der Waals surface area contributed by atoms with E-state index in [2.05, 4.69) is 18.2 Å². The molecule has 0 heterocycles. The summed E-state index contributed by atoms with van der Waals surface area (Å²) in [4.78, 5) is 0. The second-order valence-electron chi connectivity index (χ2n) is 4.29. The van der Waals surface area contributed by atoms with Gasteiger partial charge in [0.2, 0.25) is 0 Å². The molecule has 2 aromatic carbocycles. The van der Waals surface area contributed by atoms with Gasteiger partial charge in [-0.25, -0.2) is 0 Å². The summed E-state index contributed by atoms with van der Waals surface area (Å²) < 4.78 is 0. The highest BCUT2D eigenvalue weighted by Gasteiger charge is 2.16. The third kappa shape index (κ3) is 2.66. The van der Waals surface area contributed by atoms with Crippen molar-refractivity contribution in [1.82, 2.24) is 0 Å². The number of aromatic hydroxyl groups is 1. The van der Waals surface area contributed by atoms with Gasteiger partial charge < -0.3 is 5.11 Å². The lowest BCUT2D eigenvalue weighted by Gasteiger charge is -1.99. The average molecular weight is 244 g/mol. The normalized spacial score (nSPS) is 10.3. The summed E-state index contributed by atoms with van der Waals surface area (Å²) in [7, 11) is 0. The minimum Gasteiger partial charge on any atom is -0.507 e. The van der Waals surface area contributed by atoms with E-state index in [-0.39, 0.29) is 0 Å². The summed E-state index contributed by atoms with van der Waals surface area (Å²) in [5.74, 6) is 0.323. The zero-order chi connectivity index (χ0) is 13.1. The zero-order valence-electron chi connectivity index (χ0n) is 10.3. The molecule has 2 aliphatic rings. The number of rotatable bonds is 1. The maximum atomic E-state index is 9.56. The van der Waals surface area contributed by atoms with Crippen LogP contribution in [0.4, 0.5) is 0 Å². The van der Waals surface area contributed by atoms with Gasteiger partial charge in [0.25, 0.3) is 0 Å². The number of para-hydroxylation sites is 1. The van der Waals surface area contributed by atoms with Crippen LogP contribution in [-0.4, -0.2) is 5.11 Å². The van der Waals surface area contributed by atoms with Crippen LogP contribution < -0.4 is 0 Å². The van der Waals surface area contributed by atoms with E-state index in [9.17, 15) is 5.11 Å². The molecule has 0 saturated carbocycles. The van der Waals surface area contributed by atoms with Gasteiger partial charge in [-0.3, -0.25) is 0 Å². The molecule has 0 unspecified atom stereocenters. The van der Waals surface area contributed by atoms with Crippen molar-refractivity contribution in [3.05, 3.63) is 78.9 Å². The molecule has 0 atom stereocenters. The lowest BCUT2D eigenvalue weighted by Crippen LogP contribution is -1.74. The topological polar surface area (TPSA) is 20.2 Å². The maximum Gasteiger partial charge on any atom is 0.123 e. The predicted octanol–water partition coefficient (Wildman–Crippen LogP) is 4.33. The molecule has 0 spiro atoms. The molecular formula is C18H12O. The molecule has 0 fully saturated rings. The van der Waals surface area contributed by atoms with E-state index < -0.39 is 0 Å². The Hall–Kier alpha value is -2.54. The van der Waals surface area contributed by atoms with Crippen LogP contribution in [-0.2, 0) is 0 Å². The maximum absolute atomic E-state index is 9.56. The third-order valence-electron chi connectivity index (χ3n) is 2.90. The van der Waals surface area contributed by atoms with Crippen LogP contribution in [0.1, 0.15) is 0 Å². The third-order valence-corrected chi connectivity index (χ3v) is 2.90. The summed E-state index contributed by atoms with van der Waals surface area (Å²) in [6, 6.07) is 27.2. The summed E-state index contributed by atoms with van der Waals surface area (Å²) >= 11 is 0. The van der Waals surface area contributed by atoms with E-state index in [1.165, 1.54) is 11.1 Å². The van der Waals surface area contributed by atoms with Crippen LogP contribution in [0.3, 0.4) is 0 Å². The van der Waals surface area contributed by atoms with E-state index in [0.717, 1.165) is 11.1 Å². The second kappa shape index (κ2) is 4.99. The van der Waals surface area contributed by atoms with Crippen molar-refractivity contribution in [2.75, 3.05) is 0 Å². The number of phenols is 1. The number of benzene rings is 3. The van der Waals surface area contributed by atoms with Gasteiger partial charge >= 0.3 is 0 Å². The number of phenolic OH excluding ortho intramolecular Hbond substituents is 1. The largest absolute Gasteiger partial charge is 0.507 e. The first-order chi connectivity index (χ1) is 9.34. The van der Waals surface area contributed by atoms with Crippen molar-refractivity contribution >= 4 is 0 Å². The Kier molecular flexibility index (Phi) is 3.03. The van der Waals surface area contributed by atoms with Gasteiger partial charge in [0.05, 0.1) is 0 Å². The van der Waals surface area contributed by atoms with E-state index in [1.807, 2.05) is 54.6 Å². The minimum absolute atomic E-state index is 0.323. The summed E-state index contributed by atoms with van der Waals surface area (Å²) in [5.41, 5.74) is 4.28. The molecule has 0 amide bonds. The number of fused-ring (bicyclic) bond motifs is 1. The SMILES string of the molecule is Oc1ccccc1-c1[c]c2cc-2c1.[c]1ccccc1. The van der Waals surface area contributed by atoms with Crippen molar-refractivity contribution in [3.8, 4) is 28.0 Å². The van der Waals surface area contributed by atoms with Crippen molar-refractivity contribution in [3.63, 3.8) is 0 Å². The molecule has 1 N–H and O–H groups in total. The molecule has 2 aliphatic carbocycles. The minimum atomic E-state index is 0.323. The van der Waals surface area contributed by atoms with Crippen LogP contribution >= 0.6 is 0 Å². The van der Waals surface area contributed by atoms with Gasteiger partial charge in [-0.2, -0.15) is 0 Å². The van der Waals surface area contributed by atoms with Crippen LogP contribution in [0, 0.1) is 12.1 Å². The van der Waals surface area contributed by atoms with Crippen molar-refractivity contribution in [1.29, 1.82) is 0 Å². The van der Waals surface area contributed by atoms with Gasteiger partial charge in [-0.1, -0.05) is 48.5 Å². The van der Waals surface area contributed by atoms with Gasteiger partial charge in [-0.15, -0.1) is 0 Å². The Bertz CT molecular complexity index is 640. The van der Waals surface area contributed by atoms with Gasteiger partial charge in [0.15, 0.2) is 0 Å². The molecule has 0 bridgehead atoms. The summed E-state index contributed by atoms with van der Waals surface area (Å²) in [5, 5.41) is 9.56. The monoisotopic (exact) mass is 244 g/mol.